The van der Waals surface area contributed by atoms with Gasteiger partial charge < -0.3 is 10.2 Å². The average molecular weight is 477 g/mol. The van der Waals surface area contributed by atoms with Gasteiger partial charge in [-0.1, -0.05) is 46.9 Å². The third-order valence-electron chi connectivity index (χ3n) is 4.66. The van der Waals surface area contributed by atoms with Crippen molar-refractivity contribution in [2.45, 2.75) is 11.3 Å². The van der Waals surface area contributed by atoms with Gasteiger partial charge in [0.15, 0.2) is 0 Å². The molecular weight excluding hydrogens is 457 g/mol. The Morgan fingerprint density at radius 1 is 0.931 bits per heavy atom. The number of nitrogens with one attached hydrogen (secondary N) is 1. The van der Waals surface area contributed by atoms with Crippen LogP contribution in [0, 0.1) is 0 Å². The summed E-state index contributed by atoms with van der Waals surface area (Å²) in [5, 5.41) is 3.79. The van der Waals surface area contributed by atoms with Crippen molar-refractivity contribution < 1.29 is 13.2 Å². The molecule has 0 aromatic heterocycles. The molecule has 0 aliphatic carbocycles. The Kier molecular flexibility index (Phi) is 7.42. The van der Waals surface area contributed by atoms with Gasteiger partial charge in [-0.2, -0.15) is 4.31 Å². The maximum Gasteiger partial charge on any atom is 0.243 e. The van der Waals surface area contributed by atoms with Crippen molar-refractivity contribution in [1.29, 1.82) is 0 Å². The highest BCUT2D eigenvalue weighted by Crippen LogP contribution is 2.27. The van der Waals surface area contributed by atoms with E-state index in [1.807, 2.05) is 0 Å². The molecule has 6 nitrogen and oxygen atoms in total. The maximum atomic E-state index is 12.8. The number of hydrogen-bond donors (Lipinski definition) is 1. The molecule has 1 aliphatic rings. The highest BCUT2D eigenvalue weighted by Gasteiger charge is 2.29. The van der Waals surface area contributed by atoms with Crippen molar-refractivity contribution >= 4 is 56.4 Å². The summed E-state index contributed by atoms with van der Waals surface area (Å²) in [6, 6.07) is 11.3. The number of sulfonamides is 1. The first-order valence-electron chi connectivity index (χ1n) is 8.99. The van der Waals surface area contributed by atoms with Crippen LogP contribution in [0.3, 0.4) is 0 Å². The molecule has 1 amide bonds. The van der Waals surface area contributed by atoms with Gasteiger partial charge in [-0.3, -0.25) is 4.79 Å². The van der Waals surface area contributed by atoms with E-state index in [1.165, 1.54) is 22.5 Å². The number of nitrogens with zero attached hydrogens (tertiary/aromatic N) is 2. The summed E-state index contributed by atoms with van der Waals surface area (Å²) in [6.45, 7) is 2.31. The molecule has 0 saturated carbocycles. The molecular formula is C19H20Cl3N3O3S. The van der Waals surface area contributed by atoms with Crippen LogP contribution in [-0.2, 0) is 14.8 Å². The van der Waals surface area contributed by atoms with E-state index in [-0.39, 0.29) is 15.8 Å². The van der Waals surface area contributed by atoms with Crippen molar-refractivity contribution in [2.75, 3.05) is 38.0 Å². The van der Waals surface area contributed by atoms with E-state index >= 15 is 0 Å². The molecule has 3 rings (SSSR count). The first-order chi connectivity index (χ1) is 13.8. The molecule has 1 aliphatic heterocycles. The lowest BCUT2D eigenvalue weighted by atomic mass is 10.3. The number of benzene rings is 2. The van der Waals surface area contributed by atoms with Crippen molar-refractivity contribution in [3.05, 3.63) is 57.5 Å². The van der Waals surface area contributed by atoms with Crippen LogP contribution < -0.4 is 5.32 Å². The maximum absolute atomic E-state index is 12.8. The zero-order valence-electron chi connectivity index (χ0n) is 15.4. The van der Waals surface area contributed by atoms with Crippen LogP contribution in [-0.4, -0.2) is 56.3 Å². The van der Waals surface area contributed by atoms with Crippen molar-refractivity contribution in [2.24, 2.45) is 0 Å². The predicted molar refractivity (Wildman–Crippen MR) is 116 cm³/mol. The molecule has 1 fully saturated rings. The Hall–Kier alpha value is -1.35. The smallest absolute Gasteiger partial charge is 0.243 e. The lowest BCUT2D eigenvalue weighted by Gasteiger charge is -2.33. The fourth-order valence-electron chi connectivity index (χ4n) is 3.01. The lowest BCUT2D eigenvalue weighted by molar-refractivity contribution is -0.116. The number of hydrogen-bond acceptors (Lipinski definition) is 4. The standard InChI is InChI=1S/C19H20Cl3N3O3S/c20-15-6-5-14(13-17(15)22)29(27,28)25-11-9-24(10-12-25)8-7-19(26)23-18-4-2-1-3-16(18)21/h1-6,13H,7-12H2,(H,23,26). The SMILES string of the molecule is O=C(CCN1CCN(S(=O)(=O)c2ccc(Cl)c(Cl)c2)CC1)Nc1ccccc1Cl. The monoisotopic (exact) mass is 475 g/mol. The number of rotatable bonds is 6. The summed E-state index contributed by atoms with van der Waals surface area (Å²) >= 11 is 17.9. The van der Waals surface area contributed by atoms with Crippen LogP contribution >= 0.6 is 34.8 Å². The van der Waals surface area contributed by atoms with E-state index < -0.39 is 10.0 Å². The topological polar surface area (TPSA) is 69.7 Å². The predicted octanol–water partition coefficient (Wildman–Crippen LogP) is 3.98. The van der Waals surface area contributed by atoms with Crippen molar-refractivity contribution in [1.82, 2.24) is 9.21 Å². The molecule has 1 heterocycles. The molecule has 29 heavy (non-hydrogen) atoms. The van der Waals surface area contributed by atoms with Crippen LogP contribution in [0.2, 0.25) is 15.1 Å². The van der Waals surface area contributed by atoms with E-state index in [0.717, 1.165) is 0 Å². The highest BCUT2D eigenvalue weighted by atomic mass is 35.5. The zero-order valence-corrected chi connectivity index (χ0v) is 18.5. The first kappa shape index (κ1) is 22.3. The molecule has 0 atom stereocenters. The number of halogens is 3. The highest BCUT2D eigenvalue weighted by molar-refractivity contribution is 7.89. The van der Waals surface area contributed by atoms with E-state index in [1.54, 1.807) is 24.3 Å². The second-order valence-corrected chi connectivity index (χ2v) is 9.76. The average Bonchev–Trinajstić information content (AvgIpc) is 2.70. The number of carbonyl (C=O) groups excluding carboxylic acids is 1. The van der Waals surface area contributed by atoms with Gasteiger partial charge in [-0.05, 0) is 30.3 Å². The molecule has 156 valence electrons. The third kappa shape index (κ3) is 5.63. The summed E-state index contributed by atoms with van der Waals surface area (Å²) in [4.78, 5) is 14.3. The Morgan fingerprint density at radius 3 is 2.28 bits per heavy atom. The fourth-order valence-corrected chi connectivity index (χ4v) is 5.01. The minimum Gasteiger partial charge on any atom is -0.325 e. The number of piperazine rings is 1. The van der Waals surface area contributed by atoms with Gasteiger partial charge in [0, 0.05) is 39.1 Å². The second-order valence-electron chi connectivity index (χ2n) is 6.60. The molecule has 2 aromatic rings. The van der Waals surface area contributed by atoms with E-state index in [2.05, 4.69) is 10.2 Å². The van der Waals surface area contributed by atoms with Crippen LogP contribution in [0.4, 0.5) is 5.69 Å². The Bertz CT molecular complexity index is 993. The molecule has 0 radical (unpaired) electrons. The van der Waals surface area contributed by atoms with Crippen molar-refractivity contribution in [3.63, 3.8) is 0 Å². The quantitative estimate of drug-likeness (QED) is 0.684. The fraction of sp³-hybridized carbons (Fsp3) is 0.316. The van der Waals surface area contributed by atoms with Gasteiger partial charge in [0.2, 0.25) is 15.9 Å². The van der Waals surface area contributed by atoms with E-state index in [9.17, 15) is 13.2 Å². The molecule has 2 aromatic carbocycles. The molecule has 0 bridgehead atoms. The summed E-state index contributed by atoms with van der Waals surface area (Å²) in [5.41, 5.74) is 0.580. The zero-order chi connectivity index (χ0) is 21.0. The lowest BCUT2D eigenvalue weighted by Crippen LogP contribution is -2.49. The Labute approximate surface area is 185 Å². The molecule has 10 heteroatoms. The minimum atomic E-state index is -3.63. The van der Waals surface area contributed by atoms with Gasteiger partial charge in [-0.25, -0.2) is 8.42 Å². The van der Waals surface area contributed by atoms with Gasteiger partial charge in [0.1, 0.15) is 0 Å². The number of anilines is 1. The van der Waals surface area contributed by atoms with Crippen molar-refractivity contribution in [3.8, 4) is 0 Å². The van der Waals surface area contributed by atoms with Crippen LogP contribution in [0.5, 0.6) is 0 Å². The largest absolute Gasteiger partial charge is 0.325 e. The summed E-state index contributed by atoms with van der Waals surface area (Å²) < 4.78 is 27.0. The molecule has 1 saturated heterocycles. The second kappa shape index (κ2) is 9.64. The Morgan fingerprint density at radius 2 is 1.62 bits per heavy atom. The normalized spacial score (nSPS) is 16.0. The summed E-state index contributed by atoms with van der Waals surface area (Å²) in [6.07, 6.45) is 0.296. The molecule has 1 N–H and O–H groups in total. The summed E-state index contributed by atoms with van der Waals surface area (Å²) in [7, 11) is -3.63. The number of amides is 1. The van der Waals surface area contributed by atoms with E-state index in [4.69, 9.17) is 34.8 Å². The number of para-hydroxylation sites is 1. The van der Waals surface area contributed by atoms with Gasteiger partial charge in [0.05, 0.1) is 25.7 Å². The first-order valence-corrected chi connectivity index (χ1v) is 11.6. The Balaban J connectivity index is 1.50. The third-order valence-corrected chi connectivity index (χ3v) is 7.63. The molecule has 0 unspecified atom stereocenters. The summed E-state index contributed by atoms with van der Waals surface area (Å²) in [5.74, 6) is -0.135. The van der Waals surface area contributed by atoms with Crippen LogP contribution in [0.1, 0.15) is 6.42 Å². The molecule has 0 spiro atoms. The van der Waals surface area contributed by atoms with Gasteiger partial charge in [-0.15, -0.1) is 0 Å². The minimum absolute atomic E-state index is 0.125. The number of carbonyl (C=O) groups is 1. The van der Waals surface area contributed by atoms with Gasteiger partial charge >= 0.3 is 0 Å². The van der Waals surface area contributed by atoms with E-state index in [0.29, 0.717) is 54.9 Å². The van der Waals surface area contributed by atoms with Crippen LogP contribution in [0.25, 0.3) is 0 Å². The van der Waals surface area contributed by atoms with Gasteiger partial charge in [0.25, 0.3) is 0 Å². The van der Waals surface area contributed by atoms with Crippen LogP contribution in [0.15, 0.2) is 47.4 Å².